The number of benzene rings is 3. The van der Waals surface area contributed by atoms with E-state index in [-0.39, 0.29) is 17.2 Å². The van der Waals surface area contributed by atoms with Crippen LogP contribution in [-0.4, -0.2) is 17.0 Å². The van der Waals surface area contributed by atoms with Gasteiger partial charge < -0.3 is 15.2 Å². The van der Waals surface area contributed by atoms with Crippen molar-refractivity contribution in [1.29, 1.82) is 0 Å². The van der Waals surface area contributed by atoms with Crippen LogP contribution in [0.15, 0.2) is 66.7 Å². The Morgan fingerprint density at radius 2 is 1.77 bits per heavy atom. The summed E-state index contributed by atoms with van der Waals surface area (Å²) in [4.78, 5) is 23.2. The molecule has 0 radical (unpaired) electrons. The fourth-order valence-electron chi connectivity index (χ4n) is 2.99. The quantitative estimate of drug-likeness (QED) is 0.747. The Labute approximate surface area is 149 Å². The minimum absolute atomic E-state index is 0.0651. The normalized spacial score (nSPS) is 12.4. The summed E-state index contributed by atoms with van der Waals surface area (Å²) in [5.74, 6) is -0.294. The Morgan fingerprint density at radius 3 is 2.62 bits per heavy atom. The van der Waals surface area contributed by atoms with Crippen LogP contribution in [0.3, 0.4) is 0 Å². The largest absolute Gasteiger partial charge is 0.478 e. The van der Waals surface area contributed by atoms with Gasteiger partial charge in [-0.3, -0.25) is 4.79 Å². The van der Waals surface area contributed by atoms with Gasteiger partial charge in [0.15, 0.2) is 0 Å². The summed E-state index contributed by atoms with van der Waals surface area (Å²) in [6, 6.07) is 19.6. The second-order valence-corrected chi connectivity index (χ2v) is 5.99. The number of para-hydroxylation sites is 1. The van der Waals surface area contributed by atoms with Gasteiger partial charge in [-0.1, -0.05) is 36.4 Å². The lowest BCUT2D eigenvalue weighted by molar-refractivity contribution is 0.0694. The van der Waals surface area contributed by atoms with Crippen LogP contribution in [0.4, 0.5) is 0 Å². The molecule has 0 atom stereocenters. The van der Waals surface area contributed by atoms with Crippen LogP contribution >= 0.6 is 0 Å². The summed E-state index contributed by atoms with van der Waals surface area (Å²) in [6.07, 6.45) is 0. The van der Waals surface area contributed by atoms with Gasteiger partial charge in [0.2, 0.25) is 0 Å². The Hall–Kier alpha value is -3.60. The van der Waals surface area contributed by atoms with E-state index in [9.17, 15) is 14.7 Å². The van der Waals surface area contributed by atoms with Crippen molar-refractivity contribution in [3.8, 4) is 22.6 Å². The van der Waals surface area contributed by atoms with Gasteiger partial charge in [-0.05, 0) is 47.0 Å². The van der Waals surface area contributed by atoms with E-state index in [0.29, 0.717) is 17.9 Å². The highest BCUT2D eigenvalue weighted by Gasteiger charge is 2.19. The van der Waals surface area contributed by atoms with Crippen LogP contribution in [0.5, 0.6) is 11.5 Å². The minimum atomic E-state index is -1.04. The summed E-state index contributed by atoms with van der Waals surface area (Å²) < 4.78 is 5.79. The number of amides is 1. The molecular formula is C21H15NO4. The Balaban J connectivity index is 1.67. The van der Waals surface area contributed by atoms with Crippen LogP contribution in [0.1, 0.15) is 26.3 Å². The molecule has 2 N–H and O–H groups in total. The minimum Gasteiger partial charge on any atom is -0.478 e. The predicted molar refractivity (Wildman–Crippen MR) is 96.5 cm³/mol. The molecule has 3 aromatic carbocycles. The van der Waals surface area contributed by atoms with Gasteiger partial charge >= 0.3 is 5.97 Å². The molecule has 0 unspecified atom stereocenters. The van der Waals surface area contributed by atoms with E-state index < -0.39 is 5.97 Å². The van der Waals surface area contributed by atoms with E-state index in [4.69, 9.17) is 4.74 Å². The van der Waals surface area contributed by atoms with E-state index in [1.165, 1.54) is 6.07 Å². The van der Waals surface area contributed by atoms with Gasteiger partial charge in [-0.25, -0.2) is 4.79 Å². The number of carboxylic acids is 1. The zero-order valence-corrected chi connectivity index (χ0v) is 13.7. The van der Waals surface area contributed by atoms with Crippen LogP contribution in [0.2, 0.25) is 0 Å². The molecule has 1 aliphatic rings. The van der Waals surface area contributed by atoms with Crippen LogP contribution in [0.25, 0.3) is 11.1 Å². The molecule has 0 saturated carbocycles. The lowest BCUT2D eigenvalue weighted by atomic mass is 10.0. The summed E-state index contributed by atoms with van der Waals surface area (Å²) in [5.41, 5.74) is 3.56. The predicted octanol–water partition coefficient (Wildman–Crippen LogP) is 4.09. The van der Waals surface area contributed by atoms with Gasteiger partial charge in [-0.2, -0.15) is 0 Å². The van der Waals surface area contributed by atoms with Crippen LogP contribution in [0, 0.1) is 0 Å². The maximum absolute atomic E-state index is 11.9. The van der Waals surface area contributed by atoms with Crippen molar-refractivity contribution in [2.24, 2.45) is 0 Å². The first kappa shape index (κ1) is 15.9. The molecule has 4 rings (SSSR count). The summed E-state index contributed by atoms with van der Waals surface area (Å²) in [5, 5.41) is 12.1. The van der Waals surface area contributed by atoms with Crippen molar-refractivity contribution in [1.82, 2.24) is 5.32 Å². The molecule has 1 aliphatic heterocycles. The molecule has 5 nitrogen and oxygen atoms in total. The van der Waals surface area contributed by atoms with E-state index in [2.05, 4.69) is 5.32 Å². The smallest absolute Gasteiger partial charge is 0.339 e. The lowest BCUT2D eigenvalue weighted by Crippen LogP contribution is -2.12. The third-order valence-corrected chi connectivity index (χ3v) is 4.31. The summed E-state index contributed by atoms with van der Waals surface area (Å²) >= 11 is 0. The average molecular weight is 345 g/mol. The summed E-state index contributed by atoms with van der Waals surface area (Å²) in [7, 11) is 0. The number of rotatable bonds is 4. The molecule has 26 heavy (non-hydrogen) atoms. The van der Waals surface area contributed by atoms with E-state index >= 15 is 0 Å². The molecule has 1 amide bonds. The molecular weight excluding hydrogens is 330 g/mol. The Bertz CT molecular complexity index is 1030. The average Bonchev–Trinajstić information content (AvgIpc) is 3.03. The highest BCUT2D eigenvalue weighted by atomic mass is 16.5. The van der Waals surface area contributed by atoms with Crippen molar-refractivity contribution in [3.63, 3.8) is 0 Å². The first-order valence-electron chi connectivity index (χ1n) is 8.13. The number of ether oxygens (including phenoxy) is 1. The first-order valence-corrected chi connectivity index (χ1v) is 8.13. The third-order valence-electron chi connectivity index (χ3n) is 4.31. The third kappa shape index (κ3) is 2.91. The molecule has 5 heteroatoms. The number of fused-ring (bicyclic) bond motifs is 1. The van der Waals surface area contributed by atoms with Crippen molar-refractivity contribution in [2.45, 2.75) is 6.54 Å². The fraction of sp³-hybridized carbons (Fsp3) is 0.0476. The molecule has 0 bridgehead atoms. The van der Waals surface area contributed by atoms with Crippen molar-refractivity contribution < 1.29 is 19.4 Å². The number of carboxylic acid groups (broad SMARTS) is 1. The molecule has 0 aliphatic carbocycles. The van der Waals surface area contributed by atoms with E-state index in [0.717, 1.165) is 16.7 Å². The molecule has 0 saturated heterocycles. The molecule has 1 heterocycles. The van der Waals surface area contributed by atoms with Crippen molar-refractivity contribution >= 4 is 11.9 Å². The molecule has 0 aromatic heterocycles. The lowest BCUT2D eigenvalue weighted by Gasteiger charge is -2.10. The zero-order chi connectivity index (χ0) is 18.1. The van der Waals surface area contributed by atoms with Gasteiger partial charge in [0.25, 0.3) is 5.91 Å². The molecule has 128 valence electrons. The number of nitrogens with one attached hydrogen (secondary N) is 1. The zero-order valence-electron chi connectivity index (χ0n) is 13.7. The van der Waals surface area contributed by atoms with Gasteiger partial charge in [0.1, 0.15) is 17.1 Å². The SMILES string of the molecule is O=C1NCc2ccc(-c3cccc(Oc4ccccc4C(=O)O)c3)cc21. The Kier molecular flexibility index (Phi) is 3.89. The monoisotopic (exact) mass is 345 g/mol. The number of carbonyl (C=O) groups excluding carboxylic acids is 1. The second-order valence-electron chi connectivity index (χ2n) is 5.99. The number of hydrogen-bond acceptors (Lipinski definition) is 3. The number of hydrogen-bond donors (Lipinski definition) is 2. The molecule has 0 spiro atoms. The maximum Gasteiger partial charge on any atom is 0.339 e. The topological polar surface area (TPSA) is 75.6 Å². The first-order chi connectivity index (χ1) is 12.6. The van der Waals surface area contributed by atoms with Crippen molar-refractivity contribution in [2.75, 3.05) is 0 Å². The number of aromatic carboxylic acids is 1. The van der Waals surface area contributed by atoms with Gasteiger partial charge in [0, 0.05) is 12.1 Å². The standard InChI is InChI=1S/C21H15NO4/c23-20-18-11-14(8-9-15(18)12-22-20)13-4-3-5-16(10-13)26-19-7-2-1-6-17(19)21(24)25/h1-11H,12H2,(H,22,23)(H,24,25). The Morgan fingerprint density at radius 1 is 0.962 bits per heavy atom. The van der Waals surface area contributed by atoms with Gasteiger partial charge in [0.05, 0.1) is 0 Å². The van der Waals surface area contributed by atoms with E-state index in [1.807, 2.05) is 36.4 Å². The van der Waals surface area contributed by atoms with Gasteiger partial charge in [-0.15, -0.1) is 0 Å². The highest BCUT2D eigenvalue weighted by Crippen LogP contribution is 2.30. The molecule has 0 fully saturated rings. The second kappa shape index (κ2) is 6.37. The van der Waals surface area contributed by atoms with Crippen LogP contribution < -0.4 is 10.1 Å². The number of carbonyl (C=O) groups is 2. The van der Waals surface area contributed by atoms with Crippen LogP contribution in [-0.2, 0) is 6.54 Å². The van der Waals surface area contributed by atoms with E-state index in [1.54, 1.807) is 24.3 Å². The summed E-state index contributed by atoms with van der Waals surface area (Å²) in [6.45, 7) is 0.559. The van der Waals surface area contributed by atoms with Crippen molar-refractivity contribution in [3.05, 3.63) is 83.4 Å². The highest BCUT2D eigenvalue weighted by molar-refractivity contribution is 5.99. The maximum atomic E-state index is 11.9. The fourth-order valence-corrected chi connectivity index (χ4v) is 2.99. The molecule has 3 aromatic rings.